The Hall–Kier alpha value is -0.870. The van der Waals surface area contributed by atoms with Crippen molar-refractivity contribution in [2.45, 2.75) is 19.4 Å². The van der Waals surface area contributed by atoms with Crippen molar-refractivity contribution in [2.24, 2.45) is 5.73 Å². The van der Waals surface area contributed by atoms with Crippen molar-refractivity contribution < 1.29 is 9.90 Å². The fourth-order valence-corrected chi connectivity index (χ4v) is 1.82. The number of nitrogens with two attached hydrogens (primary N) is 1. The molecule has 0 aliphatic rings. The molecule has 3 N–H and O–H groups in total. The van der Waals surface area contributed by atoms with E-state index in [9.17, 15) is 4.79 Å². The Labute approximate surface area is 74.8 Å². The molecule has 0 spiro atoms. The summed E-state index contributed by atoms with van der Waals surface area (Å²) < 4.78 is 0. The molecule has 0 unspecified atom stereocenters. The van der Waals surface area contributed by atoms with Crippen molar-refractivity contribution in [1.82, 2.24) is 0 Å². The first-order valence-electron chi connectivity index (χ1n) is 3.63. The molecule has 1 atom stereocenters. The maximum Gasteiger partial charge on any atom is 0.305 e. The fourth-order valence-electron chi connectivity index (χ4n) is 0.941. The number of carboxylic acid groups (broad SMARTS) is 1. The number of hydrogen-bond acceptors (Lipinski definition) is 3. The van der Waals surface area contributed by atoms with Crippen LogP contribution < -0.4 is 5.73 Å². The summed E-state index contributed by atoms with van der Waals surface area (Å²) in [7, 11) is 0. The molecule has 0 aliphatic carbocycles. The number of carboxylic acids is 1. The average molecular weight is 185 g/mol. The van der Waals surface area contributed by atoms with E-state index in [4.69, 9.17) is 10.8 Å². The second kappa shape index (κ2) is 3.69. The molecule has 66 valence electrons. The quantitative estimate of drug-likeness (QED) is 0.750. The summed E-state index contributed by atoms with van der Waals surface area (Å²) in [6.45, 7) is 1.97. The van der Waals surface area contributed by atoms with E-state index < -0.39 is 5.97 Å². The van der Waals surface area contributed by atoms with Gasteiger partial charge in [0.25, 0.3) is 0 Å². The van der Waals surface area contributed by atoms with Crippen molar-refractivity contribution >= 4 is 17.3 Å². The van der Waals surface area contributed by atoms with Crippen LogP contribution in [-0.2, 0) is 4.79 Å². The summed E-state index contributed by atoms with van der Waals surface area (Å²) >= 11 is 1.55. The Morgan fingerprint density at radius 2 is 2.42 bits per heavy atom. The van der Waals surface area contributed by atoms with Crippen LogP contribution in [0.3, 0.4) is 0 Å². The van der Waals surface area contributed by atoms with E-state index in [2.05, 4.69) is 0 Å². The molecule has 0 saturated heterocycles. The van der Waals surface area contributed by atoms with Gasteiger partial charge in [-0.1, -0.05) is 0 Å². The van der Waals surface area contributed by atoms with Gasteiger partial charge in [0.15, 0.2) is 0 Å². The number of hydrogen-bond donors (Lipinski definition) is 2. The number of aliphatic carboxylic acids is 1. The SMILES string of the molecule is Cc1ccc([C@@H](N)CC(=O)O)s1. The molecular weight excluding hydrogens is 174 g/mol. The van der Waals surface area contributed by atoms with Gasteiger partial charge in [-0.25, -0.2) is 0 Å². The third kappa shape index (κ3) is 2.32. The Bertz CT molecular complexity index is 282. The zero-order chi connectivity index (χ0) is 9.14. The summed E-state index contributed by atoms with van der Waals surface area (Å²) in [6, 6.07) is 3.47. The van der Waals surface area contributed by atoms with Gasteiger partial charge >= 0.3 is 5.97 Å². The third-order valence-electron chi connectivity index (χ3n) is 1.52. The van der Waals surface area contributed by atoms with E-state index >= 15 is 0 Å². The molecule has 0 amide bonds. The number of aryl methyl sites for hydroxylation is 1. The van der Waals surface area contributed by atoms with Gasteiger partial charge in [0, 0.05) is 15.8 Å². The molecule has 1 heterocycles. The van der Waals surface area contributed by atoms with E-state index in [0.29, 0.717) is 0 Å². The summed E-state index contributed by atoms with van der Waals surface area (Å²) in [5.74, 6) is -0.853. The van der Waals surface area contributed by atoms with Gasteiger partial charge in [0.05, 0.1) is 6.42 Å². The van der Waals surface area contributed by atoms with Gasteiger partial charge in [-0.3, -0.25) is 4.79 Å². The molecule has 0 aliphatic heterocycles. The van der Waals surface area contributed by atoms with Crippen LogP contribution in [0.5, 0.6) is 0 Å². The van der Waals surface area contributed by atoms with Gasteiger partial charge in [-0.2, -0.15) is 0 Å². The maximum absolute atomic E-state index is 10.3. The molecule has 1 rings (SSSR count). The molecule has 3 nitrogen and oxygen atoms in total. The molecule has 0 radical (unpaired) electrons. The first-order chi connectivity index (χ1) is 5.59. The molecule has 0 saturated carbocycles. The van der Waals surface area contributed by atoms with Gasteiger partial charge in [0.2, 0.25) is 0 Å². The van der Waals surface area contributed by atoms with Crippen molar-refractivity contribution in [3.8, 4) is 0 Å². The monoisotopic (exact) mass is 185 g/mol. The van der Waals surface area contributed by atoms with E-state index in [1.807, 2.05) is 19.1 Å². The second-order valence-electron chi connectivity index (χ2n) is 2.65. The van der Waals surface area contributed by atoms with Crippen LogP contribution in [0.1, 0.15) is 22.2 Å². The number of carbonyl (C=O) groups is 1. The van der Waals surface area contributed by atoms with Crippen LogP contribution in [0.4, 0.5) is 0 Å². The minimum absolute atomic E-state index is 0.0000463. The van der Waals surface area contributed by atoms with E-state index in [-0.39, 0.29) is 12.5 Å². The highest BCUT2D eigenvalue weighted by Gasteiger charge is 2.11. The normalized spacial score (nSPS) is 12.8. The van der Waals surface area contributed by atoms with Crippen LogP contribution >= 0.6 is 11.3 Å². The Kier molecular flexibility index (Phi) is 2.83. The lowest BCUT2D eigenvalue weighted by Gasteiger charge is -2.04. The lowest BCUT2D eigenvalue weighted by atomic mass is 10.2. The molecule has 0 aromatic carbocycles. The zero-order valence-electron chi connectivity index (χ0n) is 6.78. The van der Waals surface area contributed by atoms with Crippen molar-refractivity contribution in [3.05, 3.63) is 21.9 Å². The summed E-state index contributed by atoms with van der Waals surface area (Å²) in [4.78, 5) is 12.4. The minimum Gasteiger partial charge on any atom is -0.481 e. The van der Waals surface area contributed by atoms with Gasteiger partial charge in [0.1, 0.15) is 0 Å². The van der Waals surface area contributed by atoms with Gasteiger partial charge < -0.3 is 10.8 Å². The molecule has 12 heavy (non-hydrogen) atoms. The highest BCUT2D eigenvalue weighted by molar-refractivity contribution is 7.12. The third-order valence-corrected chi connectivity index (χ3v) is 2.65. The number of thiophene rings is 1. The van der Waals surface area contributed by atoms with Crippen molar-refractivity contribution in [1.29, 1.82) is 0 Å². The van der Waals surface area contributed by atoms with E-state index in [0.717, 1.165) is 9.75 Å². The Morgan fingerprint density at radius 3 is 2.83 bits per heavy atom. The van der Waals surface area contributed by atoms with Crippen LogP contribution in [0.2, 0.25) is 0 Å². The zero-order valence-corrected chi connectivity index (χ0v) is 7.60. The topological polar surface area (TPSA) is 63.3 Å². The summed E-state index contributed by atoms with van der Waals surface area (Å²) in [6.07, 6.45) is -0.0000463. The first-order valence-corrected chi connectivity index (χ1v) is 4.45. The highest BCUT2D eigenvalue weighted by atomic mass is 32.1. The maximum atomic E-state index is 10.3. The predicted octanol–water partition coefficient (Wildman–Crippen LogP) is 1.53. The molecule has 4 heteroatoms. The van der Waals surface area contributed by atoms with Crippen LogP contribution in [0.25, 0.3) is 0 Å². The van der Waals surface area contributed by atoms with Crippen molar-refractivity contribution in [2.75, 3.05) is 0 Å². The second-order valence-corrected chi connectivity index (χ2v) is 3.97. The first kappa shape index (κ1) is 9.22. The fraction of sp³-hybridized carbons (Fsp3) is 0.375. The van der Waals surface area contributed by atoms with Gasteiger partial charge in [-0.15, -0.1) is 11.3 Å². The smallest absolute Gasteiger partial charge is 0.305 e. The molecule has 1 aromatic rings. The Morgan fingerprint density at radius 1 is 1.75 bits per heavy atom. The van der Waals surface area contributed by atoms with E-state index in [1.54, 1.807) is 11.3 Å². The number of rotatable bonds is 3. The lowest BCUT2D eigenvalue weighted by molar-refractivity contribution is -0.137. The molecule has 0 bridgehead atoms. The largest absolute Gasteiger partial charge is 0.481 e. The van der Waals surface area contributed by atoms with E-state index in [1.165, 1.54) is 0 Å². The summed E-state index contributed by atoms with van der Waals surface area (Å²) in [5, 5.41) is 8.48. The highest BCUT2D eigenvalue weighted by Crippen LogP contribution is 2.22. The Balaban J connectivity index is 2.64. The molecule has 0 fully saturated rings. The van der Waals surface area contributed by atoms with Crippen LogP contribution in [0.15, 0.2) is 12.1 Å². The molecular formula is C8H11NO2S. The standard InChI is InChI=1S/C8H11NO2S/c1-5-2-3-7(12-5)6(9)4-8(10)11/h2-3,6H,4,9H2,1H3,(H,10,11)/t6-/m0/s1. The average Bonchev–Trinajstić information content (AvgIpc) is 2.34. The summed E-state index contributed by atoms with van der Waals surface area (Å²) in [5.41, 5.74) is 5.64. The van der Waals surface area contributed by atoms with Gasteiger partial charge in [-0.05, 0) is 19.1 Å². The predicted molar refractivity (Wildman–Crippen MR) is 48.2 cm³/mol. The van der Waals surface area contributed by atoms with Crippen LogP contribution in [0, 0.1) is 6.92 Å². The van der Waals surface area contributed by atoms with Crippen LogP contribution in [-0.4, -0.2) is 11.1 Å². The van der Waals surface area contributed by atoms with Crippen molar-refractivity contribution in [3.63, 3.8) is 0 Å². The molecule has 1 aromatic heterocycles. The lowest BCUT2D eigenvalue weighted by Crippen LogP contribution is -2.13. The minimum atomic E-state index is -0.853.